The second-order valence-corrected chi connectivity index (χ2v) is 8.20. The predicted octanol–water partition coefficient (Wildman–Crippen LogP) is 6.67. The summed E-state index contributed by atoms with van der Waals surface area (Å²) in [7, 11) is 0. The first-order valence-electron chi connectivity index (χ1n) is 8.61. The molecule has 0 saturated carbocycles. The number of carbonyl (C=O) groups is 1. The van der Waals surface area contributed by atoms with E-state index >= 15 is 0 Å². The van der Waals surface area contributed by atoms with E-state index in [1.54, 1.807) is 0 Å². The van der Waals surface area contributed by atoms with Crippen LogP contribution in [-0.4, -0.2) is 5.91 Å². The molecule has 3 aromatic rings. The minimum absolute atomic E-state index is 0.0678. The number of benzene rings is 3. The van der Waals surface area contributed by atoms with Gasteiger partial charge in [-0.15, -0.1) is 0 Å². The molecule has 3 heteroatoms. The van der Waals surface area contributed by atoms with Crippen LogP contribution in [0.15, 0.2) is 77.3 Å². The standard InChI is InChI=1S/C23H22BrNO/c1-23(2,3)19-13-14-21(20(24)15-19)25-22(26)18-11-9-17(10-12-18)16-7-5-4-6-8-16/h4-15H,1-3H3,(H,25,26). The molecule has 0 bridgehead atoms. The highest BCUT2D eigenvalue weighted by atomic mass is 79.9. The molecule has 2 nitrogen and oxygen atoms in total. The second kappa shape index (κ2) is 7.46. The quantitative estimate of drug-likeness (QED) is 0.516. The number of nitrogens with one attached hydrogen (secondary N) is 1. The third kappa shape index (κ3) is 4.23. The number of amides is 1. The molecule has 0 spiro atoms. The molecule has 1 amide bonds. The first kappa shape index (κ1) is 18.4. The molecule has 0 aliphatic carbocycles. The lowest BCUT2D eigenvalue weighted by atomic mass is 9.87. The Morgan fingerprint density at radius 1 is 0.846 bits per heavy atom. The van der Waals surface area contributed by atoms with E-state index in [9.17, 15) is 4.79 Å². The summed E-state index contributed by atoms with van der Waals surface area (Å²) in [4.78, 5) is 12.6. The van der Waals surface area contributed by atoms with Crippen molar-refractivity contribution >= 4 is 27.5 Å². The van der Waals surface area contributed by atoms with Gasteiger partial charge in [-0.1, -0.05) is 69.3 Å². The molecule has 0 heterocycles. The Morgan fingerprint density at radius 3 is 2.04 bits per heavy atom. The number of anilines is 1. The summed E-state index contributed by atoms with van der Waals surface area (Å²) in [6.07, 6.45) is 0. The number of halogens is 1. The van der Waals surface area contributed by atoms with Crippen LogP contribution in [0, 0.1) is 0 Å². The molecule has 0 fully saturated rings. The molecule has 26 heavy (non-hydrogen) atoms. The first-order chi connectivity index (χ1) is 12.3. The van der Waals surface area contributed by atoms with Crippen molar-refractivity contribution in [2.45, 2.75) is 26.2 Å². The lowest BCUT2D eigenvalue weighted by molar-refractivity contribution is 0.102. The lowest BCUT2D eigenvalue weighted by Crippen LogP contribution is -2.14. The lowest BCUT2D eigenvalue weighted by Gasteiger charge is -2.20. The normalized spacial score (nSPS) is 11.2. The van der Waals surface area contributed by atoms with E-state index in [1.165, 1.54) is 5.56 Å². The molecular formula is C23H22BrNO. The van der Waals surface area contributed by atoms with Gasteiger partial charge in [-0.05, 0) is 62.3 Å². The van der Waals surface area contributed by atoms with Gasteiger partial charge in [0, 0.05) is 10.0 Å². The van der Waals surface area contributed by atoms with Crippen LogP contribution in [0.3, 0.4) is 0 Å². The van der Waals surface area contributed by atoms with Crippen LogP contribution in [0.2, 0.25) is 0 Å². The fourth-order valence-corrected chi connectivity index (χ4v) is 3.20. The van der Waals surface area contributed by atoms with Crippen LogP contribution in [-0.2, 0) is 5.41 Å². The Hall–Kier alpha value is -2.39. The summed E-state index contributed by atoms with van der Waals surface area (Å²) in [5.74, 6) is -0.117. The van der Waals surface area contributed by atoms with Crippen molar-refractivity contribution in [2.75, 3.05) is 5.32 Å². The number of carbonyl (C=O) groups excluding carboxylic acids is 1. The molecule has 0 radical (unpaired) electrons. The van der Waals surface area contributed by atoms with E-state index in [1.807, 2.05) is 48.5 Å². The fourth-order valence-electron chi connectivity index (χ4n) is 2.72. The molecule has 3 aromatic carbocycles. The van der Waals surface area contributed by atoms with Gasteiger partial charge in [-0.2, -0.15) is 0 Å². The van der Waals surface area contributed by atoms with Gasteiger partial charge in [0.25, 0.3) is 5.91 Å². The Morgan fingerprint density at radius 2 is 1.46 bits per heavy atom. The summed E-state index contributed by atoms with van der Waals surface area (Å²) < 4.78 is 0.888. The average molecular weight is 408 g/mol. The molecular weight excluding hydrogens is 386 g/mol. The summed E-state index contributed by atoms with van der Waals surface area (Å²) >= 11 is 3.57. The van der Waals surface area contributed by atoms with Crippen LogP contribution < -0.4 is 5.32 Å². The van der Waals surface area contributed by atoms with Crippen molar-refractivity contribution in [3.05, 3.63) is 88.4 Å². The van der Waals surface area contributed by atoms with Crippen molar-refractivity contribution in [3.63, 3.8) is 0 Å². The van der Waals surface area contributed by atoms with Gasteiger partial charge in [0.05, 0.1) is 5.69 Å². The molecule has 0 unspecified atom stereocenters. The number of hydrogen-bond donors (Lipinski definition) is 1. The van der Waals surface area contributed by atoms with E-state index in [4.69, 9.17) is 0 Å². The zero-order valence-electron chi connectivity index (χ0n) is 15.2. The second-order valence-electron chi connectivity index (χ2n) is 7.34. The highest BCUT2D eigenvalue weighted by molar-refractivity contribution is 9.10. The van der Waals surface area contributed by atoms with Crippen LogP contribution in [0.5, 0.6) is 0 Å². The van der Waals surface area contributed by atoms with Gasteiger partial charge in [0.2, 0.25) is 0 Å². The van der Waals surface area contributed by atoms with Crippen molar-refractivity contribution in [3.8, 4) is 11.1 Å². The molecule has 3 rings (SSSR count). The SMILES string of the molecule is CC(C)(C)c1ccc(NC(=O)c2ccc(-c3ccccc3)cc2)c(Br)c1. The van der Waals surface area contributed by atoms with Crippen molar-refractivity contribution in [1.29, 1.82) is 0 Å². The van der Waals surface area contributed by atoms with Gasteiger partial charge in [-0.25, -0.2) is 0 Å². The van der Waals surface area contributed by atoms with Gasteiger partial charge in [-0.3, -0.25) is 4.79 Å². The van der Waals surface area contributed by atoms with Crippen molar-refractivity contribution < 1.29 is 4.79 Å². The van der Waals surface area contributed by atoms with Crippen molar-refractivity contribution in [1.82, 2.24) is 0 Å². The molecule has 0 aromatic heterocycles. The van der Waals surface area contributed by atoms with Crippen LogP contribution in [0.25, 0.3) is 11.1 Å². The van der Waals surface area contributed by atoms with Gasteiger partial charge >= 0.3 is 0 Å². The highest BCUT2D eigenvalue weighted by Gasteiger charge is 2.16. The largest absolute Gasteiger partial charge is 0.321 e. The smallest absolute Gasteiger partial charge is 0.255 e. The summed E-state index contributed by atoms with van der Waals surface area (Å²) in [5, 5.41) is 2.98. The van der Waals surface area contributed by atoms with E-state index in [-0.39, 0.29) is 11.3 Å². The van der Waals surface area contributed by atoms with Crippen LogP contribution >= 0.6 is 15.9 Å². The molecule has 1 N–H and O–H groups in total. The third-order valence-electron chi connectivity index (χ3n) is 4.34. The summed E-state index contributed by atoms with van der Waals surface area (Å²) in [6.45, 7) is 6.50. The molecule has 0 aliphatic heterocycles. The Bertz CT molecular complexity index is 909. The molecule has 0 atom stereocenters. The van der Waals surface area contributed by atoms with E-state index < -0.39 is 0 Å². The zero-order chi connectivity index (χ0) is 18.7. The maximum atomic E-state index is 12.6. The van der Waals surface area contributed by atoms with Crippen molar-refractivity contribution in [2.24, 2.45) is 0 Å². The fraction of sp³-hybridized carbons (Fsp3) is 0.174. The highest BCUT2D eigenvalue weighted by Crippen LogP contribution is 2.30. The first-order valence-corrected chi connectivity index (χ1v) is 9.41. The Balaban J connectivity index is 1.76. The number of rotatable bonds is 3. The maximum absolute atomic E-state index is 12.6. The predicted molar refractivity (Wildman–Crippen MR) is 113 cm³/mol. The van der Waals surface area contributed by atoms with E-state index in [0.29, 0.717) is 5.56 Å². The maximum Gasteiger partial charge on any atom is 0.255 e. The van der Waals surface area contributed by atoms with Gasteiger partial charge in [0.15, 0.2) is 0 Å². The number of hydrogen-bond acceptors (Lipinski definition) is 1. The molecule has 0 saturated heterocycles. The zero-order valence-corrected chi connectivity index (χ0v) is 16.8. The van der Waals surface area contributed by atoms with E-state index in [2.05, 4.69) is 66.3 Å². The Labute approximate surface area is 163 Å². The Kier molecular flexibility index (Phi) is 5.28. The van der Waals surface area contributed by atoms with E-state index in [0.717, 1.165) is 21.3 Å². The summed E-state index contributed by atoms with van der Waals surface area (Å²) in [6, 6.07) is 23.9. The molecule has 132 valence electrons. The topological polar surface area (TPSA) is 29.1 Å². The third-order valence-corrected chi connectivity index (χ3v) is 4.99. The summed E-state index contributed by atoms with van der Waals surface area (Å²) in [5.41, 5.74) is 4.93. The molecule has 0 aliphatic rings. The average Bonchev–Trinajstić information content (AvgIpc) is 2.63. The minimum Gasteiger partial charge on any atom is -0.321 e. The van der Waals surface area contributed by atoms with Gasteiger partial charge in [0.1, 0.15) is 0 Å². The van der Waals surface area contributed by atoms with Crippen LogP contribution in [0.1, 0.15) is 36.7 Å². The minimum atomic E-state index is -0.117. The van der Waals surface area contributed by atoms with Crippen LogP contribution in [0.4, 0.5) is 5.69 Å². The van der Waals surface area contributed by atoms with Gasteiger partial charge < -0.3 is 5.32 Å². The monoisotopic (exact) mass is 407 g/mol.